The van der Waals surface area contributed by atoms with Crippen molar-refractivity contribution in [3.05, 3.63) is 93.1 Å². The topological polar surface area (TPSA) is 172 Å². The van der Waals surface area contributed by atoms with E-state index in [0.717, 1.165) is 24.3 Å². The van der Waals surface area contributed by atoms with E-state index in [2.05, 4.69) is 19.8 Å². The number of methoxy groups -OCH3 is 2. The second kappa shape index (κ2) is 21.5. The molecule has 27 heteroatoms. The first-order valence-corrected chi connectivity index (χ1v) is 17.0. The third-order valence-electron chi connectivity index (χ3n) is 6.90. The zero-order valence-electron chi connectivity index (χ0n) is 32.5. The van der Waals surface area contributed by atoms with E-state index in [4.69, 9.17) is 37.0 Å². The molecule has 4 rings (SSSR count). The van der Waals surface area contributed by atoms with Gasteiger partial charge in [-0.1, -0.05) is 45.6 Å². The Morgan fingerprint density at radius 2 is 1.08 bits per heavy atom. The second-order valence-electron chi connectivity index (χ2n) is 12.0. The van der Waals surface area contributed by atoms with Gasteiger partial charge in [0.2, 0.25) is 0 Å². The molecule has 0 fully saturated rings. The molecule has 0 bridgehead atoms. The third-order valence-corrected chi connectivity index (χ3v) is 7.53. The molecule has 342 valence electrons. The van der Waals surface area contributed by atoms with Crippen LogP contribution in [0.5, 0.6) is 0 Å². The summed E-state index contributed by atoms with van der Waals surface area (Å²) in [6, 6.07) is 7.77. The summed E-state index contributed by atoms with van der Waals surface area (Å²) in [6.45, 7) is 0. The van der Waals surface area contributed by atoms with Crippen molar-refractivity contribution in [2.45, 2.75) is 18.5 Å². The van der Waals surface area contributed by atoms with Crippen LogP contribution in [0.4, 0.5) is 48.3 Å². The predicted molar refractivity (Wildman–Crippen MR) is 195 cm³/mol. The van der Waals surface area contributed by atoms with Gasteiger partial charge in [0.1, 0.15) is 34.1 Å². The van der Waals surface area contributed by atoms with Crippen LogP contribution >= 0.6 is 23.2 Å². The highest BCUT2D eigenvalue weighted by Crippen LogP contribution is 2.38. The van der Waals surface area contributed by atoms with E-state index in [1.807, 2.05) is 0 Å². The maximum Gasteiger partial charge on any atom is 0.491 e. The minimum absolute atomic E-state index is 0.00202. The fourth-order valence-electron chi connectivity index (χ4n) is 4.32. The first-order valence-electron chi connectivity index (χ1n) is 16.3. The summed E-state index contributed by atoms with van der Waals surface area (Å²) in [6.07, 6.45) is -12.5. The number of ketones is 1. The molecule has 0 aliphatic heterocycles. The van der Waals surface area contributed by atoms with Crippen LogP contribution in [0.3, 0.4) is 0 Å². The van der Waals surface area contributed by atoms with Gasteiger partial charge in [0, 0.05) is 46.7 Å². The molecule has 2 heterocycles. The number of hydrogen-bond donors (Lipinski definition) is 0. The van der Waals surface area contributed by atoms with Gasteiger partial charge in [-0.2, -0.15) is 39.5 Å². The number of carbonyl (C=O) groups is 5. The highest BCUT2D eigenvalue weighted by Gasteiger charge is 2.49. The summed E-state index contributed by atoms with van der Waals surface area (Å²) in [7, 11) is 8.49. The van der Waals surface area contributed by atoms with Gasteiger partial charge in [0.15, 0.2) is 11.5 Å². The average molecular weight is 956 g/mol. The summed E-state index contributed by atoms with van der Waals surface area (Å²) < 4.78 is 156. The standard InChI is InChI=1S/C17H13ClF4N2O4.C15H14ClFN2O3.C4F6O3/c1-24(2)7-8(15(25)17(20,21)22)14-12(16(26)27-3)13(23-28-14)11-9(18)5-4-6-10(11)19;1-19(2)8-7-11-13(15(20)21-3)14(18-22-11)12-9(16)5-4-6-10(12)17;5-3(6,7)1(11)13-2(12)4(8,9)10/h4-7H,1-3H3;4-8H,1-3H3;/b8-7-;8-7+;. The Morgan fingerprint density at radius 3 is 1.46 bits per heavy atom. The van der Waals surface area contributed by atoms with Crippen LogP contribution in [0, 0.1) is 11.6 Å². The highest BCUT2D eigenvalue weighted by atomic mass is 35.5. The SMILES string of the molecule is COC(=O)c1c(-c2c(F)cccc2Cl)noc1/C(=C/N(C)C)C(=O)C(F)(F)F.COC(=O)c1c(-c2c(F)cccc2Cl)noc1/C=C/N(C)C.O=C(OC(=O)C(F)(F)F)C(F)(F)F. The molecule has 0 aliphatic carbocycles. The second-order valence-corrected chi connectivity index (χ2v) is 12.8. The maximum absolute atomic E-state index is 14.3. The fourth-order valence-corrected chi connectivity index (χ4v) is 4.82. The van der Waals surface area contributed by atoms with Crippen molar-refractivity contribution in [3.8, 4) is 22.5 Å². The van der Waals surface area contributed by atoms with E-state index in [1.165, 1.54) is 57.6 Å². The van der Waals surface area contributed by atoms with Gasteiger partial charge in [0.05, 0.1) is 41.0 Å². The van der Waals surface area contributed by atoms with Crippen LogP contribution in [-0.2, 0) is 28.6 Å². The molecule has 0 atom stereocenters. The maximum atomic E-state index is 14.3. The zero-order chi connectivity index (χ0) is 48.4. The van der Waals surface area contributed by atoms with Crippen LogP contribution in [-0.4, -0.2) is 111 Å². The Balaban J connectivity index is 0.000000348. The number of carbonyl (C=O) groups excluding carboxylic acids is 5. The van der Waals surface area contributed by atoms with Crippen molar-refractivity contribution in [3.63, 3.8) is 0 Å². The van der Waals surface area contributed by atoms with Crippen LogP contribution < -0.4 is 0 Å². The minimum Gasteiger partial charge on any atom is -0.465 e. The summed E-state index contributed by atoms with van der Waals surface area (Å²) >= 11 is 12.0. The summed E-state index contributed by atoms with van der Waals surface area (Å²) in [5.74, 6) is -12.7. The molecule has 0 saturated heterocycles. The van der Waals surface area contributed by atoms with E-state index in [1.54, 1.807) is 25.2 Å². The van der Waals surface area contributed by atoms with Crippen LogP contribution in [0.25, 0.3) is 34.2 Å². The van der Waals surface area contributed by atoms with Gasteiger partial charge < -0.3 is 33.1 Å². The Bertz CT molecular complexity index is 2320. The number of Topliss-reactive ketones (excluding diaryl/α,β-unsaturated/α-hetero) is 1. The van der Waals surface area contributed by atoms with Crippen molar-refractivity contribution in [1.82, 2.24) is 20.1 Å². The first kappa shape index (κ1) is 52.6. The lowest BCUT2D eigenvalue weighted by molar-refractivity contribution is -0.221. The van der Waals surface area contributed by atoms with E-state index >= 15 is 0 Å². The molecular weight excluding hydrogens is 928 g/mol. The quantitative estimate of drug-likeness (QED) is 0.0514. The van der Waals surface area contributed by atoms with Gasteiger partial charge in [-0.25, -0.2) is 28.0 Å². The van der Waals surface area contributed by atoms with E-state index in [0.29, 0.717) is 0 Å². The molecule has 2 aromatic heterocycles. The van der Waals surface area contributed by atoms with Gasteiger partial charge >= 0.3 is 42.4 Å². The number of rotatable bonds is 9. The number of alkyl halides is 9. The van der Waals surface area contributed by atoms with Crippen molar-refractivity contribution in [2.75, 3.05) is 42.4 Å². The Morgan fingerprint density at radius 1 is 0.651 bits per heavy atom. The number of hydrogen-bond acceptors (Lipinski definition) is 14. The molecule has 14 nitrogen and oxygen atoms in total. The molecule has 63 heavy (non-hydrogen) atoms. The molecule has 0 amide bonds. The number of nitrogens with zero attached hydrogens (tertiary/aromatic N) is 4. The molecule has 0 unspecified atom stereocenters. The molecular formula is C36H27Cl2F11N4O10. The van der Waals surface area contributed by atoms with E-state index in [9.17, 15) is 72.3 Å². The normalized spacial score (nSPS) is 11.8. The smallest absolute Gasteiger partial charge is 0.465 e. The number of benzene rings is 2. The average Bonchev–Trinajstić information content (AvgIpc) is 3.79. The van der Waals surface area contributed by atoms with Gasteiger partial charge in [-0.05, 0) is 24.3 Å². The third kappa shape index (κ3) is 14.0. The lowest BCUT2D eigenvalue weighted by Crippen LogP contribution is -2.34. The number of halogens is 13. The summed E-state index contributed by atoms with van der Waals surface area (Å²) in [4.78, 5) is 58.4. The molecule has 0 aliphatic rings. The van der Waals surface area contributed by atoms with E-state index < -0.39 is 82.4 Å². The zero-order valence-corrected chi connectivity index (χ0v) is 34.0. The molecule has 2 aromatic carbocycles. The summed E-state index contributed by atoms with van der Waals surface area (Å²) in [5.41, 5.74) is -2.53. The first-order chi connectivity index (χ1) is 29.0. The lowest BCUT2D eigenvalue weighted by Gasteiger charge is -2.12. The number of esters is 4. The Hall–Kier alpha value is -6.50. The Kier molecular flexibility index (Phi) is 18.0. The van der Waals surface area contributed by atoms with Gasteiger partial charge in [-0.3, -0.25) is 4.79 Å². The number of ether oxygens (including phenoxy) is 3. The van der Waals surface area contributed by atoms with Gasteiger partial charge in [0.25, 0.3) is 5.78 Å². The van der Waals surface area contributed by atoms with Crippen LogP contribution in [0.15, 0.2) is 57.8 Å². The van der Waals surface area contributed by atoms with Crippen molar-refractivity contribution in [1.29, 1.82) is 0 Å². The largest absolute Gasteiger partial charge is 0.491 e. The summed E-state index contributed by atoms with van der Waals surface area (Å²) in [5, 5.41) is 7.23. The van der Waals surface area contributed by atoms with Gasteiger partial charge in [-0.15, -0.1) is 0 Å². The van der Waals surface area contributed by atoms with Crippen molar-refractivity contribution < 1.29 is 95.5 Å². The molecule has 4 aromatic rings. The van der Waals surface area contributed by atoms with Crippen molar-refractivity contribution >= 4 is 64.5 Å². The highest BCUT2D eigenvalue weighted by molar-refractivity contribution is 6.34. The monoisotopic (exact) mass is 954 g/mol. The molecule has 0 radical (unpaired) electrons. The molecule has 0 saturated carbocycles. The lowest BCUT2D eigenvalue weighted by atomic mass is 10.00. The van der Waals surface area contributed by atoms with Crippen LogP contribution in [0.2, 0.25) is 10.0 Å². The fraction of sp³-hybridized carbons (Fsp3) is 0.250. The molecule has 0 spiro atoms. The number of allylic oxidation sites excluding steroid dienone is 1. The predicted octanol–water partition coefficient (Wildman–Crippen LogP) is 8.59. The van der Waals surface area contributed by atoms with Crippen LogP contribution in [0.1, 0.15) is 32.2 Å². The number of aromatic nitrogens is 2. The minimum atomic E-state index is -5.62. The van der Waals surface area contributed by atoms with Crippen molar-refractivity contribution in [2.24, 2.45) is 0 Å². The van der Waals surface area contributed by atoms with E-state index in [-0.39, 0.29) is 38.2 Å². The molecule has 0 N–H and O–H groups in total. The Labute approximate surface area is 356 Å².